The lowest BCUT2D eigenvalue weighted by Crippen LogP contribution is -2.51. The van der Waals surface area contributed by atoms with Gasteiger partial charge in [-0.05, 0) is 25.1 Å². The Hall–Kier alpha value is -1.60. The SMILES string of the molecule is CNC(C(=O)N1CCN(Cc2ccccc2C)CC1)c1cnn(C)c1.Cl.Cl. The van der Waals surface area contributed by atoms with Crippen LogP contribution >= 0.6 is 24.8 Å². The molecule has 1 aromatic heterocycles. The van der Waals surface area contributed by atoms with E-state index in [1.807, 2.05) is 25.2 Å². The second-order valence-corrected chi connectivity index (χ2v) is 6.70. The summed E-state index contributed by atoms with van der Waals surface area (Å²) in [5, 5.41) is 7.31. The van der Waals surface area contributed by atoms with E-state index in [4.69, 9.17) is 0 Å². The van der Waals surface area contributed by atoms with Crippen LogP contribution in [0.3, 0.4) is 0 Å². The fourth-order valence-corrected chi connectivity index (χ4v) is 3.36. The van der Waals surface area contributed by atoms with E-state index < -0.39 is 0 Å². The molecule has 1 atom stereocenters. The molecule has 2 heterocycles. The molecule has 1 aliphatic rings. The first-order valence-electron chi connectivity index (χ1n) is 8.80. The fraction of sp³-hybridized carbons (Fsp3) is 0.474. The number of amides is 1. The van der Waals surface area contributed by atoms with Crippen LogP contribution in [0.15, 0.2) is 36.7 Å². The van der Waals surface area contributed by atoms with Crippen LogP contribution in [0.2, 0.25) is 0 Å². The Morgan fingerprint density at radius 1 is 1.19 bits per heavy atom. The quantitative estimate of drug-likeness (QED) is 0.815. The third-order valence-corrected chi connectivity index (χ3v) is 4.93. The first-order chi connectivity index (χ1) is 12.1. The maximum absolute atomic E-state index is 12.9. The number of benzene rings is 1. The summed E-state index contributed by atoms with van der Waals surface area (Å²) in [6, 6.07) is 8.18. The van der Waals surface area contributed by atoms with E-state index in [0.29, 0.717) is 0 Å². The Morgan fingerprint density at radius 2 is 1.85 bits per heavy atom. The van der Waals surface area contributed by atoms with E-state index in [9.17, 15) is 4.79 Å². The smallest absolute Gasteiger partial charge is 0.244 e. The zero-order chi connectivity index (χ0) is 17.8. The summed E-state index contributed by atoms with van der Waals surface area (Å²) in [7, 11) is 3.69. The van der Waals surface area contributed by atoms with Crippen molar-refractivity contribution in [1.29, 1.82) is 0 Å². The second kappa shape index (κ2) is 10.7. The molecule has 150 valence electrons. The second-order valence-electron chi connectivity index (χ2n) is 6.70. The van der Waals surface area contributed by atoms with Gasteiger partial charge in [-0.1, -0.05) is 24.3 Å². The van der Waals surface area contributed by atoms with E-state index in [1.165, 1.54) is 11.1 Å². The van der Waals surface area contributed by atoms with Crippen LogP contribution in [0.1, 0.15) is 22.7 Å². The molecule has 3 rings (SSSR count). The van der Waals surface area contributed by atoms with Crippen molar-refractivity contribution in [1.82, 2.24) is 24.9 Å². The van der Waals surface area contributed by atoms with Crippen molar-refractivity contribution >= 4 is 30.7 Å². The normalized spacial score (nSPS) is 15.6. The van der Waals surface area contributed by atoms with Crippen LogP contribution in [0.4, 0.5) is 0 Å². The lowest BCUT2D eigenvalue weighted by Gasteiger charge is -2.36. The molecule has 2 aromatic rings. The van der Waals surface area contributed by atoms with Gasteiger partial charge in [-0.2, -0.15) is 5.10 Å². The molecule has 1 aromatic carbocycles. The Bertz CT molecular complexity index is 728. The van der Waals surface area contributed by atoms with E-state index in [-0.39, 0.29) is 36.8 Å². The molecule has 1 saturated heterocycles. The van der Waals surface area contributed by atoms with Crippen molar-refractivity contribution in [3.05, 3.63) is 53.3 Å². The average Bonchev–Trinajstić information content (AvgIpc) is 3.04. The summed E-state index contributed by atoms with van der Waals surface area (Å²) in [5.41, 5.74) is 3.61. The number of likely N-dealkylation sites (N-methyl/N-ethyl adjacent to an activating group) is 1. The summed E-state index contributed by atoms with van der Waals surface area (Å²) < 4.78 is 1.73. The predicted molar refractivity (Wildman–Crippen MR) is 113 cm³/mol. The van der Waals surface area contributed by atoms with Crippen molar-refractivity contribution in [2.45, 2.75) is 19.5 Å². The highest BCUT2D eigenvalue weighted by atomic mass is 35.5. The minimum Gasteiger partial charge on any atom is -0.338 e. The minimum absolute atomic E-state index is 0. The molecule has 0 aliphatic carbocycles. The molecule has 1 N–H and O–H groups in total. The van der Waals surface area contributed by atoms with E-state index >= 15 is 0 Å². The molecule has 1 aliphatic heterocycles. The van der Waals surface area contributed by atoms with E-state index in [0.717, 1.165) is 38.3 Å². The maximum Gasteiger partial charge on any atom is 0.244 e. The topological polar surface area (TPSA) is 53.4 Å². The van der Waals surface area contributed by atoms with Crippen molar-refractivity contribution < 1.29 is 4.79 Å². The van der Waals surface area contributed by atoms with Gasteiger partial charge in [0, 0.05) is 51.5 Å². The van der Waals surface area contributed by atoms with Gasteiger partial charge in [0.1, 0.15) is 6.04 Å². The third-order valence-electron chi connectivity index (χ3n) is 4.93. The summed E-state index contributed by atoms with van der Waals surface area (Å²) in [6.45, 7) is 6.45. The number of halogens is 2. The molecule has 0 saturated carbocycles. The molecule has 0 bridgehead atoms. The van der Waals surface area contributed by atoms with Crippen molar-refractivity contribution in [3.8, 4) is 0 Å². The number of piperazine rings is 1. The molecule has 0 radical (unpaired) electrons. The molecule has 1 unspecified atom stereocenters. The zero-order valence-corrected chi connectivity index (χ0v) is 17.7. The molecule has 8 heteroatoms. The highest BCUT2D eigenvalue weighted by Gasteiger charge is 2.28. The van der Waals surface area contributed by atoms with Gasteiger partial charge in [-0.25, -0.2) is 0 Å². The number of hydrogen-bond acceptors (Lipinski definition) is 4. The predicted octanol–water partition coefficient (Wildman–Crippen LogP) is 2.18. The first-order valence-corrected chi connectivity index (χ1v) is 8.80. The Morgan fingerprint density at radius 3 is 2.41 bits per heavy atom. The monoisotopic (exact) mass is 413 g/mol. The summed E-state index contributed by atoms with van der Waals surface area (Å²) >= 11 is 0. The number of aromatic nitrogens is 2. The Balaban J connectivity index is 0.00000182. The third kappa shape index (κ3) is 5.69. The number of hydrogen-bond donors (Lipinski definition) is 1. The van der Waals surface area contributed by atoms with Gasteiger partial charge in [-0.15, -0.1) is 24.8 Å². The fourth-order valence-electron chi connectivity index (χ4n) is 3.36. The number of rotatable bonds is 5. The van der Waals surface area contributed by atoms with Crippen molar-refractivity contribution in [3.63, 3.8) is 0 Å². The zero-order valence-electron chi connectivity index (χ0n) is 16.1. The first kappa shape index (κ1) is 23.4. The number of aryl methyl sites for hydroxylation is 2. The van der Waals surface area contributed by atoms with Gasteiger partial charge in [0.25, 0.3) is 0 Å². The highest BCUT2D eigenvalue weighted by Crippen LogP contribution is 2.17. The van der Waals surface area contributed by atoms with Gasteiger partial charge in [-0.3, -0.25) is 14.4 Å². The molecule has 1 amide bonds. The average molecular weight is 414 g/mol. The van der Waals surface area contributed by atoms with Crippen LogP contribution in [-0.2, 0) is 18.4 Å². The van der Waals surface area contributed by atoms with Crippen molar-refractivity contribution in [2.75, 3.05) is 33.2 Å². The van der Waals surface area contributed by atoms with Crippen LogP contribution in [0.25, 0.3) is 0 Å². The lowest BCUT2D eigenvalue weighted by atomic mass is 10.1. The van der Waals surface area contributed by atoms with Gasteiger partial charge >= 0.3 is 0 Å². The number of carbonyl (C=O) groups is 1. The molecule has 27 heavy (non-hydrogen) atoms. The van der Waals surface area contributed by atoms with Crippen LogP contribution in [0.5, 0.6) is 0 Å². The molecule has 6 nitrogen and oxygen atoms in total. The minimum atomic E-state index is -0.323. The lowest BCUT2D eigenvalue weighted by molar-refractivity contribution is -0.135. The number of nitrogens with zero attached hydrogens (tertiary/aromatic N) is 4. The summed E-state index contributed by atoms with van der Waals surface area (Å²) in [4.78, 5) is 17.2. The van der Waals surface area contributed by atoms with Crippen LogP contribution in [-0.4, -0.2) is 58.7 Å². The largest absolute Gasteiger partial charge is 0.338 e. The van der Waals surface area contributed by atoms with Gasteiger partial charge in [0.05, 0.1) is 6.20 Å². The summed E-state index contributed by atoms with van der Waals surface area (Å²) in [5.74, 6) is 0.131. The summed E-state index contributed by atoms with van der Waals surface area (Å²) in [6.07, 6.45) is 3.65. The van der Waals surface area contributed by atoms with Crippen LogP contribution in [0, 0.1) is 6.92 Å². The van der Waals surface area contributed by atoms with Gasteiger partial charge in [0.2, 0.25) is 5.91 Å². The van der Waals surface area contributed by atoms with E-state index in [1.54, 1.807) is 10.9 Å². The number of nitrogens with one attached hydrogen (secondary N) is 1. The van der Waals surface area contributed by atoms with Crippen molar-refractivity contribution in [2.24, 2.45) is 7.05 Å². The molecular weight excluding hydrogens is 385 g/mol. The number of carbonyl (C=O) groups excluding carboxylic acids is 1. The molecule has 0 spiro atoms. The van der Waals surface area contributed by atoms with E-state index in [2.05, 4.69) is 46.5 Å². The van der Waals surface area contributed by atoms with Crippen LogP contribution < -0.4 is 5.32 Å². The Kier molecular flexibility index (Phi) is 9.26. The Labute approximate surface area is 173 Å². The standard InChI is InChI=1S/C19H27N5O.2ClH/c1-15-6-4-5-7-16(15)14-23-8-10-24(11-9-23)19(25)18(20-2)17-12-21-22(3)13-17;;/h4-7,12-13,18,20H,8-11,14H2,1-3H3;2*1H. The maximum atomic E-state index is 12.9. The van der Waals surface area contributed by atoms with Gasteiger partial charge in [0.15, 0.2) is 0 Å². The van der Waals surface area contributed by atoms with Gasteiger partial charge < -0.3 is 10.2 Å². The highest BCUT2D eigenvalue weighted by molar-refractivity contribution is 5.85. The molecule has 1 fully saturated rings. The molecular formula is C19H29Cl2N5O.